The van der Waals surface area contributed by atoms with Crippen LogP contribution in [0.1, 0.15) is 18.4 Å². The van der Waals surface area contributed by atoms with E-state index in [2.05, 4.69) is 5.10 Å². The van der Waals surface area contributed by atoms with Crippen molar-refractivity contribution >= 4 is 11.8 Å². The SMILES string of the molecule is CN(C(=O)CCc1cnn(C)c1)C1CCN(CC(F)(F)F)C1=O. The van der Waals surface area contributed by atoms with Crippen LogP contribution >= 0.6 is 0 Å². The zero-order chi connectivity index (χ0) is 17.2. The summed E-state index contributed by atoms with van der Waals surface area (Å²) in [5, 5.41) is 4.00. The van der Waals surface area contributed by atoms with E-state index in [0.717, 1.165) is 10.5 Å². The lowest BCUT2D eigenvalue weighted by molar-refractivity contribution is -0.159. The van der Waals surface area contributed by atoms with Crippen LogP contribution in [0.25, 0.3) is 0 Å². The maximum atomic E-state index is 12.4. The van der Waals surface area contributed by atoms with Crippen molar-refractivity contribution in [3.63, 3.8) is 0 Å². The number of rotatable bonds is 5. The van der Waals surface area contributed by atoms with Crippen molar-refractivity contribution < 1.29 is 22.8 Å². The quantitative estimate of drug-likeness (QED) is 0.807. The number of halogens is 3. The van der Waals surface area contributed by atoms with Gasteiger partial charge in [-0.25, -0.2) is 0 Å². The molecule has 1 aromatic rings. The van der Waals surface area contributed by atoms with Gasteiger partial charge in [0.15, 0.2) is 0 Å². The predicted octanol–water partition coefficient (Wildman–Crippen LogP) is 0.974. The molecule has 1 fully saturated rings. The average molecular weight is 332 g/mol. The lowest BCUT2D eigenvalue weighted by Gasteiger charge is -2.24. The molecule has 1 aromatic heterocycles. The molecule has 23 heavy (non-hydrogen) atoms. The summed E-state index contributed by atoms with van der Waals surface area (Å²) in [7, 11) is 3.23. The molecular formula is C14H19F3N4O2. The Balaban J connectivity index is 1.88. The van der Waals surface area contributed by atoms with Gasteiger partial charge in [0.2, 0.25) is 11.8 Å². The van der Waals surface area contributed by atoms with E-state index in [-0.39, 0.29) is 25.3 Å². The number of hydrogen-bond acceptors (Lipinski definition) is 3. The number of hydrogen-bond donors (Lipinski definition) is 0. The third-order valence-corrected chi connectivity index (χ3v) is 3.89. The minimum Gasteiger partial charge on any atom is -0.334 e. The number of aromatic nitrogens is 2. The molecule has 0 N–H and O–H groups in total. The first-order chi connectivity index (χ1) is 10.7. The highest BCUT2D eigenvalue weighted by molar-refractivity contribution is 5.89. The number of aryl methyl sites for hydroxylation is 2. The lowest BCUT2D eigenvalue weighted by Crippen LogP contribution is -2.44. The van der Waals surface area contributed by atoms with Gasteiger partial charge in [-0.1, -0.05) is 0 Å². The van der Waals surface area contributed by atoms with Gasteiger partial charge in [0.25, 0.3) is 0 Å². The first kappa shape index (κ1) is 17.3. The maximum absolute atomic E-state index is 12.4. The van der Waals surface area contributed by atoms with Crippen LogP contribution in [0.15, 0.2) is 12.4 Å². The summed E-state index contributed by atoms with van der Waals surface area (Å²) >= 11 is 0. The van der Waals surface area contributed by atoms with Gasteiger partial charge in [0.05, 0.1) is 6.20 Å². The summed E-state index contributed by atoms with van der Waals surface area (Å²) in [6.07, 6.45) is -0.0922. The molecule has 1 unspecified atom stereocenters. The van der Waals surface area contributed by atoms with Gasteiger partial charge in [-0.15, -0.1) is 0 Å². The van der Waals surface area contributed by atoms with Crippen LogP contribution in [0.4, 0.5) is 13.2 Å². The summed E-state index contributed by atoms with van der Waals surface area (Å²) in [6, 6.07) is -0.807. The van der Waals surface area contributed by atoms with E-state index in [9.17, 15) is 22.8 Å². The Hall–Kier alpha value is -2.06. The molecule has 0 radical (unpaired) electrons. The van der Waals surface area contributed by atoms with Crippen LogP contribution in [0.2, 0.25) is 0 Å². The normalized spacial score (nSPS) is 18.6. The molecule has 1 aliphatic rings. The van der Waals surface area contributed by atoms with E-state index in [1.54, 1.807) is 24.1 Å². The van der Waals surface area contributed by atoms with Crippen molar-refractivity contribution in [3.05, 3.63) is 18.0 Å². The van der Waals surface area contributed by atoms with Crippen molar-refractivity contribution in [1.29, 1.82) is 0 Å². The van der Waals surface area contributed by atoms with E-state index >= 15 is 0 Å². The molecular weight excluding hydrogens is 313 g/mol. The summed E-state index contributed by atoms with van der Waals surface area (Å²) in [5.41, 5.74) is 0.894. The number of carbonyl (C=O) groups is 2. The second-order valence-corrected chi connectivity index (χ2v) is 5.71. The van der Waals surface area contributed by atoms with Crippen molar-refractivity contribution in [3.8, 4) is 0 Å². The fraction of sp³-hybridized carbons (Fsp3) is 0.643. The fourth-order valence-electron chi connectivity index (χ4n) is 2.66. The van der Waals surface area contributed by atoms with Crippen LogP contribution in [0.3, 0.4) is 0 Å². The number of carbonyl (C=O) groups excluding carboxylic acids is 2. The molecule has 2 amide bonds. The summed E-state index contributed by atoms with van der Waals surface area (Å²) in [4.78, 5) is 26.2. The molecule has 1 aliphatic heterocycles. The first-order valence-electron chi connectivity index (χ1n) is 7.26. The number of likely N-dealkylation sites (tertiary alicyclic amines) is 1. The van der Waals surface area contributed by atoms with E-state index < -0.39 is 24.7 Å². The van der Waals surface area contributed by atoms with E-state index in [0.29, 0.717) is 6.42 Å². The minimum atomic E-state index is -4.42. The van der Waals surface area contributed by atoms with Crippen molar-refractivity contribution in [2.45, 2.75) is 31.5 Å². The number of likely N-dealkylation sites (N-methyl/N-ethyl adjacent to an activating group) is 1. The lowest BCUT2D eigenvalue weighted by atomic mass is 10.1. The largest absolute Gasteiger partial charge is 0.406 e. The average Bonchev–Trinajstić information content (AvgIpc) is 3.01. The summed E-state index contributed by atoms with van der Waals surface area (Å²) in [5.74, 6) is -0.902. The van der Waals surface area contributed by atoms with Gasteiger partial charge in [-0.3, -0.25) is 14.3 Å². The molecule has 0 aliphatic carbocycles. The molecule has 2 rings (SSSR count). The second-order valence-electron chi connectivity index (χ2n) is 5.71. The first-order valence-corrected chi connectivity index (χ1v) is 7.26. The Kier molecular flexibility index (Phi) is 4.96. The molecule has 1 atom stereocenters. The third-order valence-electron chi connectivity index (χ3n) is 3.89. The van der Waals surface area contributed by atoms with Crippen LogP contribution in [0.5, 0.6) is 0 Å². The van der Waals surface area contributed by atoms with Gasteiger partial charge < -0.3 is 9.80 Å². The standard InChI is InChI=1S/C14H19F3N4O2/c1-19-8-10(7-18-19)3-4-12(22)20(2)11-5-6-21(13(11)23)9-14(15,16)17/h7-8,11H,3-6,9H2,1-2H3. The minimum absolute atomic E-state index is 0.0171. The van der Waals surface area contributed by atoms with E-state index in [1.165, 1.54) is 11.9 Å². The van der Waals surface area contributed by atoms with Crippen molar-refractivity contribution in [2.75, 3.05) is 20.1 Å². The molecule has 9 heteroatoms. The third kappa shape index (κ3) is 4.46. The van der Waals surface area contributed by atoms with Crippen LogP contribution in [-0.2, 0) is 23.1 Å². The van der Waals surface area contributed by atoms with Gasteiger partial charge in [-0.05, 0) is 18.4 Å². The molecule has 2 heterocycles. The molecule has 0 aromatic carbocycles. The number of alkyl halides is 3. The maximum Gasteiger partial charge on any atom is 0.406 e. The van der Waals surface area contributed by atoms with Gasteiger partial charge in [0.1, 0.15) is 12.6 Å². The van der Waals surface area contributed by atoms with Gasteiger partial charge in [-0.2, -0.15) is 18.3 Å². The zero-order valence-corrected chi connectivity index (χ0v) is 13.0. The Morgan fingerprint density at radius 1 is 1.48 bits per heavy atom. The molecule has 0 bridgehead atoms. The topological polar surface area (TPSA) is 58.4 Å². The van der Waals surface area contributed by atoms with Gasteiger partial charge in [0, 0.05) is 33.3 Å². The number of amides is 2. The van der Waals surface area contributed by atoms with Crippen LogP contribution in [-0.4, -0.2) is 63.7 Å². The monoisotopic (exact) mass is 332 g/mol. The zero-order valence-electron chi connectivity index (χ0n) is 13.0. The van der Waals surface area contributed by atoms with Crippen molar-refractivity contribution in [2.24, 2.45) is 7.05 Å². The Morgan fingerprint density at radius 3 is 2.74 bits per heavy atom. The Labute approximate surface area is 131 Å². The van der Waals surface area contributed by atoms with E-state index in [1.807, 2.05) is 0 Å². The molecule has 0 saturated carbocycles. The number of nitrogens with zero attached hydrogens (tertiary/aromatic N) is 4. The summed E-state index contributed by atoms with van der Waals surface area (Å²) in [6.45, 7) is -1.25. The highest BCUT2D eigenvalue weighted by Gasteiger charge is 2.41. The highest BCUT2D eigenvalue weighted by Crippen LogP contribution is 2.23. The molecule has 0 spiro atoms. The Bertz CT molecular complexity index is 585. The van der Waals surface area contributed by atoms with Crippen LogP contribution in [0, 0.1) is 0 Å². The fourth-order valence-corrected chi connectivity index (χ4v) is 2.66. The smallest absolute Gasteiger partial charge is 0.334 e. The Morgan fingerprint density at radius 2 is 2.17 bits per heavy atom. The molecule has 1 saturated heterocycles. The molecule has 128 valence electrons. The summed E-state index contributed by atoms with van der Waals surface area (Å²) < 4.78 is 38.8. The van der Waals surface area contributed by atoms with E-state index in [4.69, 9.17) is 0 Å². The molecule has 6 nitrogen and oxygen atoms in total. The van der Waals surface area contributed by atoms with Gasteiger partial charge >= 0.3 is 6.18 Å². The second kappa shape index (κ2) is 6.59. The van der Waals surface area contributed by atoms with Crippen LogP contribution < -0.4 is 0 Å². The van der Waals surface area contributed by atoms with Crippen molar-refractivity contribution in [1.82, 2.24) is 19.6 Å². The predicted molar refractivity (Wildman–Crippen MR) is 75.3 cm³/mol. The highest BCUT2D eigenvalue weighted by atomic mass is 19.4.